The summed E-state index contributed by atoms with van der Waals surface area (Å²) in [5, 5.41) is 4.36. The van der Waals surface area contributed by atoms with Crippen molar-refractivity contribution in [1.29, 1.82) is 0 Å². The van der Waals surface area contributed by atoms with Crippen molar-refractivity contribution in [3.05, 3.63) is 170 Å². The molecule has 0 radical (unpaired) electrons. The average Bonchev–Trinajstić information content (AvgIpc) is 3.85. The first-order valence-electron chi connectivity index (χ1n) is 18.3. The molecular formula is C48H28N6OS. The first kappa shape index (κ1) is 32.0. The van der Waals surface area contributed by atoms with Gasteiger partial charge in [0.15, 0.2) is 34.9 Å². The molecule has 0 aliphatic rings. The Kier molecular flexibility index (Phi) is 7.53. The number of fused-ring (bicyclic) bond motifs is 6. The lowest BCUT2D eigenvalue weighted by atomic mass is 10.1. The normalized spacial score (nSPS) is 11.6. The summed E-state index contributed by atoms with van der Waals surface area (Å²) in [6.45, 7) is 0. The fraction of sp³-hybridized carbons (Fsp3) is 0. The fourth-order valence-electron chi connectivity index (χ4n) is 7.26. The Morgan fingerprint density at radius 3 is 1.43 bits per heavy atom. The maximum Gasteiger partial charge on any atom is 0.165 e. The molecule has 7 aromatic carbocycles. The van der Waals surface area contributed by atoms with Crippen LogP contribution in [0.1, 0.15) is 0 Å². The van der Waals surface area contributed by atoms with Crippen LogP contribution in [-0.4, -0.2) is 29.9 Å². The van der Waals surface area contributed by atoms with Crippen molar-refractivity contribution < 1.29 is 4.42 Å². The lowest BCUT2D eigenvalue weighted by molar-refractivity contribution is 0.669. The monoisotopic (exact) mass is 736 g/mol. The van der Waals surface area contributed by atoms with Crippen LogP contribution in [0.4, 0.5) is 0 Å². The van der Waals surface area contributed by atoms with Crippen LogP contribution < -0.4 is 0 Å². The molecule has 0 atom stereocenters. The van der Waals surface area contributed by atoms with Gasteiger partial charge in [-0.05, 0) is 42.5 Å². The molecule has 0 unspecified atom stereocenters. The molecule has 4 aromatic heterocycles. The number of hydrogen-bond acceptors (Lipinski definition) is 8. The van der Waals surface area contributed by atoms with E-state index in [1.54, 1.807) is 11.3 Å². The van der Waals surface area contributed by atoms with E-state index in [1.165, 1.54) is 0 Å². The van der Waals surface area contributed by atoms with E-state index in [4.69, 9.17) is 34.3 Å². The van der Waals surface area contributed by atoms with E-state index in [0.717, 1.165) is 75.5 Å². The van der Waals surface area contributed by atoms with Gasteiger partial charge in [0, 0.05) is 64.3 Å². The summed E-state index contributed by atoms with van der Waals surface area (Å²) < 4.78 is 8.49. The van der Waals surface area contributed by atoms with Crippen molar-refractivity contribution in [1.82, 2.24) is 29.9 Å². The molecule has 4 heterocycles. The van der Waals surface area contributed by atoms with Crippen LogP contribution in [0, 0.1) is 0 Å². The molecule has 0 aliphatic carbocycles. The van der Waals surface area contributed by atoms with Crippen LogP contribution in [0.3, 0.4) is 0 Å². The molecule has 0 fully saturated rings. The number of hydrogen-bond donors (Lipinski definition) is 0. The number of thiophene rings is 1. The lowest BCUT2D eigenvalue weighted by Crippen LogP contribution is -2.00. The van der Waals surface area contributed by atoms with Crippen LogP contribution in [0.5, 0.6) is 0 Å². The Labute approximate surface area is 324 Å². The van der Waals surface area contributed by atoms with Crippen LogP contribution >= 0.6 is 11.3 Å². The Morgan fingerprint density at radius 2 is 0.804 bits per heavy atom. The van der Waals surface area contributed by atoms with Gasteiger partial charge in [-0.1, -0.05) is 127 Å². The van der Waals surface area contributed by atoms with Gasteiger partial charge < -0.3 is 4.42 Å². The molecule has 0 bridgehead atoms. The zero-order valence-electron chi connectivity index (χ0n) is 29.7. The van der Waals surface area contributed by atoms with Gasteiger partial charge >= 0.3 is 0 Å². The van der Waals surface area contributed by atoms with Gasteiger partial charge in [-0.2, -0.15) is 0 Å². The second-order valence-corrected chi connectivity index (χ2v) is 14.6. The Bertz CT molecular complexity index is 3200. The molecule has 11 rings (SSSR count). The fourth-order valence-corrected chi connectivity index (χ4v) is 8.45. The van der Waals surface area contributed by atoms with Gasteiger partial charge in [-0.3, -0.25) is 0 Å². The van der Waals surface area contributed by atoms with Crippen molar-refractivity contribution in [2.45, 2.75) is 0 Å². The second kappa shape index (κ2) is 13.2. The number of rotatable bonds is 6. The topological polar surface area (TPSA) is 90.5 Å². The highest BCUT2D eigenvalue weighted by molar-refractivity contribution is 7.26. The first-order valence-corrected chi connectivity index (χ1v) is 19.1. The van der Waals surface area contributed by atoms with Gasteiger partial charge in [-0.15, -0.1) is 11.3 Å². The number of benzene rings is 7. The zero-order chi connectivity index (χ0) is 37.0. The number of nitrogens with zero attached hydrogens (tertiary/aromatic N) is 6. The molecule has 0 amide bonds. The predicted molar refractivity (Wildman–Crippen MR) is 226 cm³/mol. The summed E-state index contributed by atoms with van der Waals surface area (Å²) in [4.78, 5) is 30.1. The van der Waals surface area contributed by atoms with E-state index >= 15 is 0 Å². The molecule has 8 heteroatoms. The summed E-state index contributed by atoms with van der Waals surface area (Å²) in [5.41, 5.74) is 7.13. The summed E-state index contributed by atoms with van der Waals surface area (Å²) in [6.07, 6.45) is 0. The van der Waals surface area contributed by atoms with Gasteiger partial charge in [-0.25, -0.2) is 29.9 Å². The quantitative estimate of drug-likeness (QED) is 0.168. The van der Waals surface area contributed by atoms with Gasteiger partial charge in [0.25, 0.3) is 0 Å². The van der Waals surface area contributed by atoms with Crippen LogP contribution in [0.25, 0.3) is 110 Å². The highest BCUT2D eigenvalue weighted by atomic mass is 32.1. The van der Waals surface area contributed by atoms with Crippen LogP contribution in [0.2, 0.25) is 0 Å². The molecule has 7 nitrogen and oxygen atoms in total. The van der Waals surface area contributed by atoms with E-state index in [1.807, 2.05) is 115 Å². The third-order valence-corrected chi connectivity index (χ3v) is 11.2. The van der Waals surface area contributed by atoms with Crippen molar-refractivity contribution >= 4 is 53.4 Å². The summed E-state index contributed by atoms with van der Waals surface area (Å²) in [5.74, 6) is 3.67. The minimum absolute atomic E-state index is 0.579. The summed E-state index contributed by atoms with van der Waals surface area (Å²) in [6, 6.07) is 57.2. The van der Waals surface area contributed by atoms with E-state index in [0.29, 0.717) is 34.9 Å². The molecular weight excluding hydrogens is 709 g/mol. The largest absolute Gasteiger partial charge is 0.456 e. The molecule has 0 aliphatic heterocycles. The number of para-hydroxylation sites is 1. The van der Waals surface area contributed by atoms with Gasteiger partial charge in [0.05, 0.1) is 0 Å². The highest BCUT2D eigenvalue weighted by Gasteiger charge is 2.19. The first-order chi connectivity index (χ1) is 27.7. The minimum Gasteiger partial charge on any atom is -0.456 e. The Hall–Kier alpha value is -7.42. The second-order valence-electron chi connectivity index (χ2n) is 13.5. The van der Waals surface area contributed by atoms with Crippen molar-refractivity contribution in [2.75, 3.05) is 0 Å². The minimum atomic E-state index is 0.579. The van der Waals surface area contributed by atoms with E-state index in [2.05, 4.69) is 54.6 Å². The lowest BCUT2D eigenvalue weighted by Gasteiger charge is -2.09. The highest BCUT2D eigenvalue weighted by Crippen LogP contribution is 2.41. The zero-order valence-corrected chi connectivity index (χ0v) is 30.5. The smallest absolute Gasteiger partial charge is 0.165 e. The van der Waals surface area contributed by atoms with Crippen molar-refractivity contribution in [2.24, 2.45) is 0 Å². The van der Waals surface area contributed by atoms with Gasteiger partial charge in [0.1, 0.15) is 11.2 Å². The molecule has 262 valence electrons. The van der Waals surface area contributed by atoms with Crippen LogP contribution in [-0.2, 0) is 0 Å². The molecule has 0 N–H and O–H groups in total. The van der Waals surface area contributed by atoms with Gasteiger partial charge in [0.2, 0.25) is 0 Å². The Balaban J connectivity index is 1.06. The summed E-state index contributed by atoms with van der Waals surface area (Å²) >= 11 is 1.73. The van der Waals surface area contributed by atoms with Crippen molar-refractivity contribution in [3.63, 3.8) is 0 Å². The molecule has 0 saturated heterocycles. The summed E-state index contributed by atoms with van der Waals surface area (Å²) in [7, 11) is 0. The third kappa shape index (κ3) is 5.59. The maximum atomic E-state index is 6.25. The SMILES string of the molecule is c1ccc(-c2nc(-c3ccccc3)nc(-c3ccc4sc5c(-c6nc(-c7ccccc7)nc(-c7ccc8c(c7)oc7ccccc78)n6)cccc5c4c3)n2)cc1. The maximum absolute atomic E-state index is 6.25. The molecule has 56 heavy (non-hydrogen) atoms. The van der Waals surface area contributed by atoms with E-state index in [-0.39, 0.29) is 0 Å². The molecule has 0 spiro atoms. The average molecular weight is 737 g/mol. The number of aromatic nitrogens is 6. The van der Waals surface area contributed by atoms with E-state index < -0.39 is 0 Å². The third-order valence-electron chi connectivity index (χ3n) is 10.00. The molecule has 0 saturated carbocycles. The molecule has 11 aromatic rings. The van der Waals surface area contributed by atoms with Crippen LogP contribution in [0.15, 0.2) is 174 Å². The Morgan fingerprint density at radius 1 is 0.321 bits per heavy atom. The predicted octanol–water partition coefficient (Wildman–Crippen LogP) is 12.3. The van der Waals surface area contributed by atoms with Crippen molar-refractivity contribution in [3.8, 4) is 68.3 Å². The standard InChI is InChI=1S/C48H28N6OS/c1-4-13-29(14-5-1)43-49-44(30-15-6-2-7-16-30)51-46(50-43)32-24-26-41-38(27-32)36-20-12-21-37(42(36)56-41)48-53-45(31-17-8-3-9-18-31)52-47(54-48)33-23-25-35-34-19-10-11-22-39(34)55-40(35)28-33/h1-28H. The van der Waals surface area contributed by atoms with E-state index in [9.17, 15) is 0 Å². The number of furan rings is 1.